The van der Waals surface area contributed by atoms with Crippen molar-refractivity contribution >= 4 is 0 Å². The summed E-state index contributed by atoms with van der Waals surface area (Å²) in [5.41, 5.74) is 1.17. The Bertz CT molecular complexity index is 376. The molecule has 2 N–H and O–H groups in total. The predicted molar refractivity (Wildman–Crippen MR) is 52.3 cm³/mol. The van der Waals surface area contributed by atoms with Crippen LogP contribution in [0, 0.1) is 0 Å². The van der Waals surface area contributed by atoms with Gasteiger partial charge in [0.2, 0.25) is 0 Å². The Balaban J connectivity index is 1.78. The number of rotatable bonds is 4. The van der Waals surface area contributed by atoms with Crippen molar-refractivity contribution in [1.29, 1.82) is 0 Å². The smallest absolute Gasteiger partial charge is 0.164 e. The molecule has 0 aliphatic heterocycles. The van der Waals surface area contributed by atoms with Crippen LogP contribution in [0.5, 0.6) is 0 Å². The number of aryl methyl sites for hydroxylation is 1. The first-order chi connectivity index (χ1) is 6.84. The average Bonchev–Trinajstić information content (AvgIpc) is 2.77. The molecule has 2 aromatic heterocycles. The normalized spacial score (nSPS) is 10.6. The number of aromatic amines is 1. The molecule has 2 rings (SSSR count). The summed E-state index contributed by atoms with van der Waals surface area (Å²) in [7, 11) is 1.86. The van der Waals surface area contributed by atoms with Gasteiger partial charge in [0, 0.05) is 25.5 Å². The van der Waals surface area contributed by atoms with Gasteiger partial charge in [-0.25, -0.2) is 4.98 Å². The van der Waals surface area contributed by atoms with Crippen molar-refractivity contribution in [3.05, 3.63) is 36.2 Å². The maximum atomic E-state index is 4.16. The van der Waals surface area contributed by atoms with Gasteiger partial charge in [-0.05, 0) is 12.1 Å². The lowest BCUT2D eigenvalue weighted by Gasteiger charge is -1.98. The van der Waals surface area contributed by atoms with Crippen LogP contribution in [0.4, 0.5) is 0 Å². The van der Waals surface area contributed by atoms with E-state index in [4.69, 9.17) is 0 Å². The summed E-state index contributed by atoms with van der Waals surface area (Å²) < 4.78 is 1.70. The number of hydrogen-bond acceptors (Lipinski definition) is 3. The van der Waals surface area contributed by atoms with Crippen LogP contribution in [0.1, 0.15) is 11.5 Å². The minimum Gasteiger partial charge on any atom is -0.364 e. The van der Waals surface area contributed by atoms with E-state index < -0.39 is 0 Å². The molecule has 5 nitrogen and oxygen atoms in total. The van der Waals surface area contributed by atoms with Gasteiger partial charge in [0.05, 0.1) is 6.54 Å². The molecule has 0 bridgehead atoms. The molecule has 0 spiro atoms. The van der Waals surface area contributed by atoms with Crippen LogP contribution < -0.4 is 5.32 Å². The summed E-state index contributed by atoms with van der Waals surface area (Å²) in [6.45, 7) is 1.51. The highest BCUT2D eigenvalue weighted by Crippen LogP contribution is 1.94. The summed E-state index contributed by atoms with van der Waals surface area (Å²) in [6.07, 6.45) is 3.61. The highest BCUT2D eigenvalue weighted by Gasteiger charge is 1.97. The topological polar surface area (TPSA) is 58.5 Å². The van der Waals surface area contributed by atoms with Gasteiger partial charge in [-0.15, -0.1) is 0 Å². The fourth-order valence-electron chi connectivity index (χ4n) is 1.25. The molecular weight excluding hydrogens is 178 g/mol. The summed E-state index contributed by atoms with van der Waals surface area (Å²) in [4.78, 5) is 7.23. The highest BCUT2D eigenvalue weighted by molar-refractivity contribution is 5.03. The predicted octanol–water partition coefficient (Wildman–Crippen LogP) is 0.433. The zero-order valence-corrected chi connectivity index (χ0v) is 8.07. The Hall–Kier alpha value is -1.62. The standard InChI is InChI=1S/C9H13N5/c1-14-7-12-9(13-14)6-10-5-8-3-2-4-11-8/h2-4,7,10-11H,5-6H2,1H3. The van der Waals surface area contributed by atoms with Gasteiger partial charge in [0.1, 0.15) is 6.33 Å². The summed E-state index contributed by atoms with van der Waals surface area (Å²) in [5, 5.41) is 7.41. The number of hydrogen-bond donors (Lipinski definition) is 2. The molecular formula is C9H13N5. The molecule has 0 saturated heterocycles. The van der Waals surface area contributed by atoms with Crippen molar-refractivity contribution in [3.63, 3.8) is 0 Å². The fourth-order valence-corrected chi connectivity index (χ4v) is 1.25. The van der Waals surface area contributed by atoms with Gasteiger partial charge in [-0.1, -0.05) is 0 Å². The highest BCUT2D eigenvalue weighted by atomic mass is 15.3. The molecule has 74 valence electrons. The lowest BCUT2D eigenvalue weighted by molar-refractivity contribution is 0.642. The minimum atomic E-state index is 0.694. The van der Waals surface area contributed by atoms with E-state index in [1.54, 1.807) is 11.0 Å². The number of H-pyrrole nitrogens is 1. The zero-order chi connectivity index (χ0) is 9.80. The molecule has 0 atom stereocenters. The molecule has 0 aliphatic rings. The third-order valence-electron chi connectivity index (χ3n) is 1.91. The summed E-state index contributed by atoms with van der Waals surface area (Å²) >= 11 is 0. The van der Waals surface area contributed by atoms with Crippen molar-refractivity contribution < 1.29 is 0 Å². The largest absolute Gasteiger partial charge is 0.364 e. The van der Waals surface area contributed by atoms with Crippen LogP contribution in [-0.2, 0) is 20.1 Å². The lowest BCUT2D eigenvalue weighted by Crippen LogP contribution is -2.14. The van der Waals surface area contributed by atoms with Crippen LogP contribution in [0.2, 0.25) is 0 Å². The van der Waals surface area contributed by atoms with Gasteiger partial charge in [0.25, 0.3) is 0 Å². The quantitative estimate of drug-likeness (QED) is 0.737. The van der Waals surface area contributed by atoms with Crippen molar-refractivity contribution in [1.82, 2.24) is 25.1 Å². The van der Waals surface area contributed by atoms with E-state index in [0.29, 0.717) is 6.54 Å². The molecule has 0 fully saturated rings. The lowest BCUT2D eigenvalue weighted by atomic mass is 10.4. The third kappa shape index (κ3) is 2.20. The Labute approximate surface area is 82.2 Å². The molecule has 0 amide bonds. The maximum Gasteiger partial charge on any atom is 0.164 e. The fraction of sp³-hybridized carbons (Fsp3) is 0.333. The van der Waals surface area contributed by atoms with E-state index in [1.807, 2.05) is 25.4 Å². The van der Waals surface area contributed by atoms with Gasteiger partial charge in [0.15, 0.2) is 5.82 Å². The first-order valence-corrected chi connectivity index (χ1v) is 4.52. The van der Waals surface area contributed by atoms with E-state index >= 15 is 0 Å². The van der Waals surface area contributed by atoms with Crippen molar-refractivity contribution in [3.8, 4) is 0 Å². The van der Waals surface area contributed by atoms with E-state index in [-0.39, 0.29) is 0 Å². The number of nitrogens with one attached hydrogen (secondary N) is 2. The van der Waals surface area contributed by atoms with E-state index in [0.717, 1.165) is 12.4 Å². The van der Waals surface area contributed by atoms with E-state index in [2.05, 4.69) is 20.4 Å². The molecule has 0 unspecified atom stereocenters. The van der Waals surface area contributed by atoms with Crippen molar-refractivity contribution in [2.75, 3.05) is 0 Å². The molecule has 0 radical (unpaired) electrons. The maximum absolute atomic E-state index is 4.16. The first-order valence-electron chi connectivity index (χ1n) is 4.52. The van der Waals surface area contributed by atoms with E-state index in [1.165, 1.54) is 5.69 Å². The summed E-state index contributed by atoms with van der Waals surface area (Å²) in [5.74, 6) is 0.819. The van der Waals surface area contributed by atoms with Crippen molar-refractivity contribution in [2.45, 2.75) is 13.1 Å². The van der Waals surface area contributed by atoms with Crippen molar-refractivity contribution in [2.24, 2.45) is 7.05 Å². The zero-order valence-electron chi connectivity index (χ0n) is 8.07. The van der Waals surface area contributed by atoms with E-state index in [9.17, 15) is 0 Å². The van der Waals surface area contributed by atoms with Gasteiger partial charge in [-0.3, -0.25) is 4.68 Å². The molecule has 14 heavy (non-hydrogen) atoms. The second kappa shape index (κ2) is 4.06. The Kier molecular flexibility index (Phi) is 2.60. The van der Waals surface area contributed by atoms with Crippen LogP contribution in [0.25, 0.3) is 0 Å². The van der Waals surface area contributed by atoms with Crippen LogP contribution in [0.15, 0.2) is 24.7 Å². The van der Waals surface area contributed by atoms with Crippen LogP contribution in [-0.4, -0.2) is 19.7 Å². The SMILES string of the molecule is Cn1cnc(CNCc2ccc[nH]2)n1. The molecule has 0 aromatic carbocycles. The molecule has 0 saturated carbocycles. The van der Waals surface area contributed by atoms with Crippen LogP contribution >= 0.6 is 0 Å². The average molecular weight is 191 g/mol. The van der Waals surface area contributed by atoms with Gasteiger partial charge < -0.3 is 10.3 Å². The summed E-state index contributed by atoms with van der Waals surface area (Å²) in [6, 6.07) is 4.02. The van der Waals surface area contributed by atoms with Gasteiger partial charge in [-0.2, -0.15) is 5.10 Å². The van der Waals surface area contributed by atoms with Crippen LogP contribution in [0.3, 0.4) is 0 Å². The second-order valence-electron chi connectivity index (χ2n) is 3.13. The Morgan fingerprint density at radius 2 is 2.43 bits per heavy atom. The second-order valence-corrected chi connectivity index (χ2v) is 3.13. The van der Waals surface area contributed by atoms with Gasteiger partial charge >= 0.3 is 0 Å². The molecule has 2 heterocycles. The monoisotopic (exact) mass is 191 g/mol. The molecule has 2 aromatic rings. The number of nitrogens with zero attached hydrogens (tertiary/aromatic N) is 3. The Morgan fingerprint density at radius 3 is 3.07 bits per heavy atom. The number of aromatic nitrogens is 4. The first kappa shape index (κ1) is 8.96. The minimum absolute atomic E-state index is 0.694. The molecule has 5 heteroatoms. The third-order valence-corrected chi connectivity index (χ3v) is 1.91. The molecule has 0 aliphatic carbocycles. The Morgan fingerprint density at radius 1 is 1.50 bits per heavy atom.